The monoisotopic (exact) mass is 456 g/mol. The van der Waals surface area contributed by atoms with Gasteiger partial charge in [0, 0.05) is 54.1 Å². The van der Waals surface area contributed by atoms with E-state index in [1.807, 2.05) is 19.1 Å². The van der Waals surface area contributed by atoms with E-state index in [1.165, 1.54) is 6.26 Å². The van der Waals surface area contributed by atoms with Crippen LogP contribution in [-0.4, -0.2) is 34.6 Å². The zero-order valence-corrected chi connectivity index (χ0v) is 19.0. The van der Waals surface area contributed by atoms with E-state index in [2.05, 4.69) is 28.9 Å². The van der Waals surface area contributed by atoms with E-state index in [0.29, 0.717) is 41.7 Å². The highest BCUT2D eigenvalue weighted by atomic mass is 32.2. The zero-order valence-electron chi connectivity index (χ0n) is 17.0. The zero-order chi connectivity index (χ0) is 22.0. The molecule has 8 nitrogen and oxygen atoms in total. The quantitative estimate of drug-likeness (QED) is 0.359. The second kappa shape index (κ2) is 9.18. The molecule has 4 rings (SSSR count). The van der Waals surface area contributed by atoms with Crippen molar-refractivity contribution in [1.29, 1.82) is 0 Å². The Morgan fingerprint density at radius 1 is 1.35 bits per heavy atom. The maximum atomic E-state index is 12.8. The lowest BCUT2D eigenvalue weighted by molar-refractivity contribution is 0.526. The van der Waals surface area contributed by atoms with Crippen molar-refractivity contribution in [3.8, 4) is 5.75 Å². The summed E-state index contributed by atoms with van der Waals surface area (Å²) in [5.41, 5.74) is 2.29. The highest BCUT2D eigenvalue weighted by molar-refractivity contribution is 7.92. The Labute approximate surface area is 184 Å². The average molecular weight is 456 g/mol. The number of fused-ring (bicyclic) bond motifs is 1. The number of aryl methyl sites for hydroxylation is 1. The second-order valence-corrected chi connectivity index (χ2v) is 8.67. The first-order valence-electron chi connectivity index (χ1n) is 9.57. The van der Waals surface area contributed by atoms with Gasteiger partial charge in [0.1, 0.15) is 17.6 Å². The molecular formula is C21H21N4O4PS. The first kappa shape index (κ1) is 21.5. The van der Waals surface area contributed by atoms with Crippen molar-refractivity contribution >= 4 is 54.9 Å². The summed E-state index contributed by atoms with van der Waals surface area (Å²) >= 11 is -1.25. The predicted molar refractivity (Wildman–Crippen MR) is 127 cm³/mol. The van der Waals surface area contributed by atoms with Gasteiger partial charge in [-0.2, -0.15) is 4.72 Å². The molecule has 1 aliphatic heterocycles. The molecule has 1 N–H and O–H groups in total. The van der Waals surface area contributed by atoms with Crippen molar-refractivity contribution in [2.75, 3.05) is 17.5 Å². The minimum Gasteiger partial charge on any atom is -0.593 e. The van der Waals surface area contributed by atoms with Crippen molar-refractivity contribution in [3.05, 3.63) is 57.6 Å². The first-order chi connectivity index (χ1) is 14.9. The molecular weight excluding hydrogens is 435 g/mol. The van der Waals surface area contributed by atoms with E-state index in [9.17, 15) is 9.35 Å². The van der Waals surface area contributed by atoms with E-state index in [0.717, 1.165) is 28.2 Å². The van der Waals surface area contributed by atoms with E-state index in [4.69, 9.17) is 9.15 Å². The summed E-state index contributed by atoms with van der Waals surface area (Å²) in [6.45, 7) is 2.54. The number of rotatable bonds is 5. The number of hydrogen-bond donors (Lipinski definition) is 1. The number of aliphatic imine (C=N–C) groups is 2. The molecule has 0 amide bonds. The molecule has 3 aromatic rings. The number of ether oxygens (including phenoxy) is 1. The van der Waals surface area contributed by atoms with Crippen molar-refractivity contribution in [2.24, 2.45) is 9.98 Å². The third-order valence-corrected chi connectivity index (χ3v) is 5.99. The van der Waals surface area contributed by atoms with Gasteiger partial charge in [-0.1, -0.05) is 0 Å². The van der Waals surface area contributed by atoms with Crippen LogP contribution in [0.3, 0.4) is 0 Å². The molecule has 1 aromatic carbocycles. The van der Waals surface area contributed by atoms with Crippen LogP contribution in [0.2, 0.25) is 0 Å². The first-order valence-corrected chi connectivity index (χ1v) is 11.7. The van der Waals surface area contributed by atoms with Crippen molar-refractivity contribution in [2.45, 2.75) is 19.8 Å². The van der Waals surface area contributed by atoms with Gasteiger partial charge in [0.25, 0.3) is 0 Å². The highest BCUT2D eigenvalue weighted by Gasteiger charge is 2.16. The molecule has 3 heterocycles. The molecule has 0 bridgehead atoms. The van der Waals surface area contributed by atoms with Gasteiger partial charge in [-0.15, -0.1) is 9.24 Å². The number of aromatic nitrogens is 1. The van der Waals surface area contributed by atoms with E-state index in [1.54, 1.807) is 24.5 Å². The SMILES string of the molecule is Cc1c(Cc2ccnc(N[S+](C)[O-])c2P)c(=O)oc2cc(OC3=NCCC=N3)ccc12. The van der Waals surface area contributed by atoms with Crippen LogP contribution in [0.5, 0.6) is 5.75 Å². The van der Waals surface area contributed by atoms with Crippen molar-refractivity contribution in [1.82, 2.24) is 4.98 Å². The molecule has 0 fully saturated rings. The lowest BCUT2D eigenvalue weighted by Gasteiger charge is -2.13. The minimum absolute atomic E-state index is 0.296. The van der Waals surface area contributed by atoms with Crippen LogP contribution in [0, 0.1) is 6.92 Å². The van der Waals surface area contributed by atoms with Crippen LogP contribution < -0.4 is 20.4 Å². The molecule has 31 heavy (non-hydrogen) atoms. The topological polar surface area (TPSA) is 112 Å². The summed E-state index contributed by atoms with van der Waals surface area (Å²) in [7, 11) is 2.60. The van der Waals surface area contributed by atoms with E-state index < -0.39 is 17.0 Å². The number of nitrogens with one attached hydrogen (secondary N) is 1. The summed E-state index contributed by atoms with van der Waals surface area (Å²) in [6.07, 6.45) is 6.07. The fourth-order valence-corrected chi connectivity index (χ4v) is 4.17. The second-order valence-electron chi connectivity index (χ2n) is 6.98. The van der Waals surface area contributed by atoms with Crippen LogP contribution in [-0.2, 0) is 17.8 Å². The number of nitrogens with zero attached hydrogens (tertiary/aromatic N) is 3. The Hall–Kier alpha value is -2.74. The molecule has 0 saturated carbocycles. The van der Waals surface area contributed by atoms with Crippen LogP contribution >= 0.6 is 9.24 Å². The van der Waals surface area contributed by atoms with Gasteiger partial charge >= 0.3 is 11.6 Å². The van der Waals surface area contributed by atoms with Crippen LogP contribution in [0.4, 0.5) is 5.82 Å². The Kier molecular flexibility index (Phi) is 6.36. The molecule has 160 valence electrons. The van der Waals surface area contributed by atoms with Crippen molar-refractivity contribution in [3.63, 3.8) is 0 Å². The smallest absolute Gasteiger partial charge is 0.340 e. The Morgan fingerprint density at radius 2 is 2.19 bits per heavy atom. The molecule has 0 spiro atoms. The Morgan fingerprint density at radius 3 is 2.94 bits per heavy atom. The normalized spacial score (nSPS) is 14.4. The summed E-state index contributed by atoms with van der Waals surface area (Å²) in [5.74, 6) is 1.01. The third-order valence-electron chi connectivity index (χ3n) is 4.86. The number of pyridine rings is 1. The summed E-state index contributed by atoms with van der Waals surface area (Å²) in [4.78, 5) is 25.3. The lowest BCUT2D eigenvalue weighted by atomic mass is 10.00. The highest BCUT2D eigenvalue weighted by Crippen LogP contribution is 2.26. The molecule has 2 aromatic heterocycles. The lowest BCUT2D eigenvalue weighted by Crippen LogP contribution is -2.19. The molecule has 2 unspecified atom stereocenters. The van der Waals surface area contributed by atoms with Gasteiger partial charge in [-0.25, -0.2) is 19.8 Å². The summed E-state index contributed by atoms with van der Waals surface area (Å²) in [6, 6.07) is 7.46. The molecule has 2 atom stereocenters. The van der Waals surface area contributed by atoms with Crippen LogP contribution in [0.15, 0.2) is 49.7 Å². The van der Waals surface area contributed by atoms with E-state index >= 15 is 0 Å². The third kappa shape index (κ3) is 4.79. The number of amidine groups is 1. The Balaban J connectivity index is 1.67. The summed E-state index contributed by atoms with van der Waals surface area (Å²) in [5, 5.41) is 1.58. The van der Waals surface area contributed by atoms with Gasteiger partial charge < -0.3 is 13.7 Å². The minimum atomic E-state index is -1.25. The number of benzene rings is 1. The number of hydrogen-bond acceptors (Lipinski definition) is 8. The van der Waals surface area contributed by atoms with Gasteiger partial charge in [-0.05, 0) is 36.2 Å². The van der Waals surface area contributed by atoms with Gasteiger partial charge in [-0.3, -0.25) is 0 Å². The number of anilines is 1. The molecule has 10 heteroatoms. The molecule has 0 aliphatic carbocycles. The van der Waals surface area contributed by atoms with Gasteiger partial charge in [0.05, 0.1) is 11.4 Å². The van der Waals surface area contributed by atoms with Crippen LogP contribution in [0.25, 0.3) is 11.0 Å². The van der Waals surface area contributed by atoms with Gasteiger partial charge in [0.2, 0.25) is 0 Å². The standard InChI is InChI=1S/C21H21N4O4PS/c1-12-15-5-4-14(28-21-23-7-3-8-24-21)11-17(15)29-20(26)16(12)10-13-6-9-22-19(18(13)30)25-31(2)27/h4-7,9,11H,3,8,10,30H2,1-2H3,(H,22,25). The Bertz CT molecular complexity index is 1260. The summed E-state index contributed by atoms with van der Waals surface area (Å²) < 4.78 is 25.6. The molecule has 0 saturated heterocycles. The molecule has 1 aliphatic rings. The average Bonchev–Trinajstić information content (AvgIpc) is 2.74. The largest absolute Gasteiger partial charge is 0.593 e. The van der Waals surface area contributed by atoms with Crippen LogP contribution in [0.1, 0.15) is 23.1 Å². The maximum absolute atomic E-state index is 12.8. The molecule has 0 radical (unpaired) electrons. The van der Waals surface area contributed by atoms with Crippen molar-refractivity contribution < 1.29 is 13.7 Å². The maximum Gasteiger partial charge on any atom is 0.340 e. The predicted octanol–water partition coefficient (Wildman–Crippen LogP) is 2.50. The fraction of sp³-hybridized carbons (Fsp3) is 0.238. The van der Waals surface area contributed by atoms with E-state index in [-0.39, 0.29) is 0 Å². The van der Waals surface area contributed by atoms with Gasteiger partial charge in [0.15, 0.2) is 5.82 Å². The fourth-order valence-electron chi connectivity index (χ4n) is 3.28.